The van der Waals surface area contributed by atoms with E-state index in [1.807, 2.05) is 67.6 Å². The van der Waals surface area contributed by atoms with Gasteiger partial charge in [-0.3, -0.25) is 5.32 Å². The fourth-order valence-corrected chi connectivity index (χ4v) is 3.34. The third kappa shape index (κ3) is 4.14. The summed E-state index contributed by atoms with van der Waals surface area (Å²) in [5.74, 6) is 0.994. The molecule has 4 rings (SSSR count). The van der Waals surface area contributed by atoms with Gasteiger partial charge in [0.1, 0.15) is 0 Å². The maximum Gasteiger partial charge on any atom is 0.247 e. The van der Waals surface area contributed by atoms with Gasteiger partial charge < -0.3 is 4.42 Å². The molecule has 0 fully saturated rings. The van der Waals surface area contributed by atoms with E-state index in [0.29, 0.717) is 16.8 Å². The van der Waals surface area contributed by atoms with Gasteiger partial charge in [0.05, 0.1) is 12.1 Å². The Balaban J connectivity index is 1.59. The van der Waals surface area contributed by atoms with E-state index >= 15 is 0 Å². The van der Waals surface area contributed by atoms with Crippen LogP contribution in [0.4, 0.5) is 0 Å². The highest BCUT2D eigenvalue weighted by molar-refractivity contribution is 6.30. The van der Waals surface area contributed by atoms with Crippen LogP contribution in [0.5, 0.6) is 0 Å². The van der Waals surface area contributed by atoms with E-state index in [9.17, 15) is 0 Å². The normalized spacial score (nSPS) is 12.2. The van der Waals surface area contributed by atoms with Crippen molar-refractivity contribution >= 4 is 11.6 Å². The molecule has 1 atom stereocenters. The average Bonchev–Trinajstić information content (AvgIpc) is 3.24. The summed E-state index contributed by atoms with van der Waals surface area (Å²) in [7, 11) is 0. The first-order chi connectivity index (χ1) is 13.7. The van der Waals surface area contributed by atoms with Gasteiger partial charge in [0.15, 0.2) is 0 Å². The number of hydrogen-bond acceptors (Lipinski definition) is 4. The Hall–Kier alpha value is -2.95. The van der Waals surface area contributed by atoms with E-state index < -0.39 is 0 Å². The number of rotatable bonds is 6. The van der Waals surface area contributed by atoms with E-state index in [2.05, 4.69) is 39.8 Å². The topological polar surface area (TPSA) is 51.0 Å². The highest BCUT2D eigenvalue weighted by Gasteiger charge is 2.21. The minimum Gasteiger partial charge on any atom is -0.419 e. The van der Waals surface area contributed by atoms with Gasteiger partial charge >= 0.3 is 0 Å². The maximum atomic E-state index is 6.07. The lowest BCUT2D eigenvalue weighted by Gasteiger charge is -2.22. The van der Waals surface area contributed by atoms with E-state index in [1.165, 1.54) is 11.1 Å². The minimum atomic E-state index is -0.133. The molecule has 0 unspecified atom stereocenters. The molecule has 0 saturated carbocycles. The molecule has 0 amide bonds. The summed E-state index contributed by atoms with van der Waals surface area (Å²) in [4.78, 5) is 0. The third-order valence-corrected chi connectivity index (χ3v) is 4.80. The van der Waals surface area contributed by atoms with Gasteiger partial charge in [0.2, 0.25) is 11.8 Å². The van der Waals surface area contributed by atoms with E-state index in [0.717, 1.165) is 5.56 Å². The van der Waals surface area contributed by atoms with E-state index in [-0.39, 0.29) is 12.1 Å². The molecule has 0 aliphatic heterocycles. The molecule has 0 aliphatic rings. The van der Waals surface area contributed by atoms with Gasteiger partial charge in [-0.15, -0.1) is 10.2 Å². The monoisotopic (exact) mass is 389 g/mol. The van der Waals surface area contributed by atoms with Crippen LogP contribution in [-0.2, 0) is 0 Å². The van der Waals surface area contributed by atoms with Gasteiger partial charge in [-0.25, -0.2) is 0 Å². The fourth-order valence-electron chi connectivity index (χ4n) is 3.14. The first-order valence-electron chi connectivity index (χ1n) is 9.16. The molecular formula is C23H20ClN3O. The van der Waals surface area contributed by atoms with Crippen molar-refractivity contribution in [3.8, 4) is 11.5 Å². The zero-order chi connectivity index (χ0) is 19.3. The average molecular weight is 390 g/mol. The summed E-state index contributed by atoms with van der Waals surface area (Å²) >= 11 is 6.07. The second-order valence-corrected chi connectivity index (χ2v) is 7.03. The van der Waals surface area contributed by atoms with Gasteiger partial charge in [0.25, 0.3) is 0 Å². The van der Waals surface area contributed by atoms with Crippen LogP contribution in [0, 0.1) is 0 Å². The van der Waals surface area contributed by atoms with Crippen molar-refractivity contribution in [2.75, 3.05) is 0 Å². The molecule has 5 heteroatoms. The molecule has 0 saturated heterocycles. The van der Waals surface area contributed by atoms with Crippen molar-refractivity contribution in [1.29, 1.82) is 0 Å². The van der Waals surface area contributed by atoms with Crippen LogP contribution in [0.25, 0.3) is 11.5 Å². The second-order valence-electron chi connectivity index (χ2n) is 6.60. The summed E-state index contributed by atoms with van der Waals surface area (Å²) in [5.41, 5.74) is 3.16. The Bertz CT molecular complexity index is 994. The van der Waals surface area contributed by atoms with Crippen molar-refractivity contribution in [1.82, 2.24) is 15.5 Å². The van der Waals surface area contributed by atoms with E-state index in [4.69, 9.17) is 16.0 Å². The van der Waals surface area contributed by atoms with Crippen LogP contribution in [0.2, 0.25) is 5.02 Å². The van der Waals surface area contributed by atoms with Crippen molar-refractivity contribution in [2.45, 2.75) is 19.0 Å². The van der Waals surface area contributed by atoms with Crippen molar-refractivity contribution < 1.29 is 4.42 Å². The number of nitrogens with one attached hydrogen (secondary N) is 1. The summed E-state index contributed by atoms with van der Waals surface area (Å²) in [6, 6.07) is 27.9. The molecule has 1 N–H and O–H groups in total. The number of halogens is 1. The first-order valence-corrected chi connectivity index (χ1v) is 9.54. The van der Waals surface area contributed by atoms with Crippen LogP contribution < -0.4 is 5.32 Å². The minimum absolute atomic E-state index is 0.0129. The van der Waals surface area contributed by atoms with Crippen LogP contribution in [0.3, 0.4) is 0 Å². The summed E-state index contributed by atoms with van der Waals surface area (Å²) in [6.45, 7) is 2.02. The molecule has 140 valence electrons. The summed E-state index contributed by atoms with van der Waals surface area (Å²) in [6.07, 6.45) is 0. The number of aromatic nitrogens is 2. The Kier molecular flexibility index (Phi) is 5.51. The molecule has 0 spiro atoms. The first kappa shape index (κ1) is 18.4. The standard InChI is InChI=1S/C23H20ClN3O/c1-16(22-26-27-23(28-22)19-13-8-14-20(24)15-19)25-21(17-9-4-2-5-10-17)18-11-6-3-7-12-18/h2-16,21,25H,1H3/t16-/m0/s1. The maximum absolute atomic E-state index is 6.07. The van der Waals surface area contributed by atoms with Gasteiger partial charge in [-0.2, -0.15) is 0 Å². The highest BCUT2D eigenvalue weighted by atomic mass is 35.5. The smallest absolute Gasteiger partial charge is 0.247 e. The lowest BCUT2D eigenvalue weighted by Crippen LogP contribution is -2.25. The van der Waals surface area contributed by atoms with Crippen molar-refractivity contribution in [3.05, 3.63) is 107 Å². The molecule has 1 aromatic heterocycles. The lowest BCUT2D eigenvalue weighted by atomic mass is 9.98. The van der Waals surface area contributed by atoms with Crippen LogP contribution in [-0.4, -0.2) is 10.2 Å². The SMILES string of the molecule is C[C@H](NC(c1ccccc1)c1ccccc1)c1nnc(-c2cccc(Cl)c2)o1. The Morgan fingerprint density at radius 1 is 0.821 bits per heavy atom. The molecule has 1 heterocycles. The van der Waals surface area contributed by atoms with Gasteiger partial charge in [-0.1, -0.05) is 78.3 Å². The number of hydrogen-bond donors (Lipinski definition) is 1. The molecule has 0 bridgehead atoms. The summed E-state index contributed by atoms with van der Waals surface area (Å²) in [5, 5.41) is 12.7. The van der Waals surface area contributed by atoms with Gasteiger partial charge in [-0.05, 0) is 36.2 Å². The molecule has 4 aromatic rings. The molecule has 4 nitrogen and oxygen atoms in total. The molecular weight excluding hydrogens is 370 g/mol. The molecule has 28 heavy (non-hydrogen) atoms. The predicted molar refractivity (Wildman–Crippen MR) is 111 cm³/mol. The van der Waals surface area contributed by atoms with E-state index in [1.54, 1.807) is 0 Å². The Morgan fingerprint density at radius 3 is 2.07 bits per heavy atom. The van der Waals surface area contributed by atoms with Crippen molar-refractivity contribution in [2.24, 2.45) is 0 Å². The zero-order valence-electron chi connectivity index (χ0n) is 15.4. The fraction of sp³-hybridized carbons (Fsp3) is 0.130. The van der Waals surface area contributed by atoms with Crippen LogP contribution in [0.15, 0.2) is 89.3 Å². The van der Waals surface area contributed by atoms with Crippen LogP contribution in [0.1, 0.15) is 36.0 Å². The molecule has 0 aliphatic carbocycles. The number of nitrogens with zero attached hydrogens (tertiary/aromatic N) is 2. The lowest BCUT2D eigenvalue weighted by molar-refractivity contribution is 0.403. The third-order valence-electron chi connectivity index (χ3n) is 4.57. The Morgan fingerprint density at radius 2 is 1.46 bits per heavy atom. The number of benzene rings is 3. The highest BCUT2D eigenvalue weighted by Crippen LogP contribution is 2.27. The largest absolute Gasteiger partial charge is 0.419 e. The molecule has 3 aromatic carbocycles. The summed E-state index contributed by atoms with van der Waals surface area (Å²) < 4.78 is 5.92. The Labute approximate surface area is 169 Å². The second kappa shape index (κ2) is 8.38. The van der Waals surface area contributed by atoms with Crippen LogP contribution >= 0.6 is 11.6 Å². The molecule has 0 radical (unpaired) electrons. The van der Waals surface area contributed by atoms with Crippen molar-refractivity contribution in [3.63, 3.8) is 0 Å². The zero-order valence-corrected chi connectivity index (χ0v) is 16.2. The predicted octanol–water partition coefficient (Wildman–Crippen LogP) is 5.83. The van der Waals surface area contributed by atoms with Gasteiger partial charge in [0, 0.05) is 10.6 Å². The quantitative estimate of drug-likeness (QED) is 0.450.